The molecule has 0 saturated heterocycles. The van der Waals surface area contributed by atoms with Crippen LogP contribution in [0.1, 0.15) is 12.0 Å². The van der Waals surface area contributed by atoms with Crippen molar-refractivity contribution in [2.75, 3.05) is 6.54 Å². The Labute approximate surface area is 112 Å². The summed E-state index contributed by atoms with van der Waals surface area (Å²) in [5, 5.41) is 10.6. The van der Waals surface area contributed by atoms with Crippen LogP contribution in [0.2, 0.25) is 0 Å². The van der Waals surface area contributed by atoms with Crippen molar-refractivity contribution in [2.24, 2.45) is 5.73 Å². The van der Waals surface area contributed by atoms with Crippen LogP contribution in [0.25, 0.3) is 11.1 Å². The highest BCUT2D eigenvalue weighted by Gasteiger charge is 2.05. The maximum Gasteiger partial charge on any atom is 0.269 e. The number of nitro benzene ring substituents is 1. The summed E-state index contributed by atoms with van der Waals surface area (Å²) in [4.78, 5) is 10.2. The van der Waals surface area contributed by atoms with E-state index in [-0.39, 0.29) is 10.6 Å². The molecule has 0 atom stereocenters. The second-order valence-corrected chi connectivity index (χ2v) is 4.39. The lowest BCUT2D eigenvalue weighted by Gasteiger charge is -2.04. The normalized spacial score (nSPS) is 10.4. The number of nitro groups is 1. The first-order chi connectivity index (χ1) is 9.20. The molecule has 0 aromatic heterocycles. The highest BCUT2D eigenvalue weighted by molar-refractivity contribution is 5.65. The quantitative estimate of drug-likeness (QED) is 0.660. The van der Waals surface area contributed by atoms with E-state index < -0.39 is 0 Å². The first kappa shape index (κ1) is 13.2. The summed E-state index contributed by atoms with van der Waals surface area (Å²) >= 11 is 0. The lowest BCUT2D eigenvalue weighted by atomic mass is 10.0. The molecule has 0 aliphatic rings. The Kier molecular flexibility index (Phi) is 4.26. The van der Waals surface area contributed by atoms with Crippen LogP contribution in [0, 0.1) is 10.1 Å². The fourth-order valence-electron chi connectivity index (χ4n) is 1.95. The molecule has 2 aromatic rings. The Morgan fingerprint density at radius 1 is 0.947 bits per heavy atom. The Bertz CT molecular complexity index is 547. The molecule has 0 fully saturated rings. The summed E-state index contributed by atoms with van der Waals surface area (Å²) in [6, 6.07) is 14.8. The molecule has 0 spiro atoms. The summed E-state index contributed by atoms with van der Waals surface area (Å²) in [7, 11) is 0. The van der Waals surface area contributed by atoms with Crippen LogP contribution in [0.3, 0.4) is 0 Å². The highest BCUT2D eigenvalue weighted by Crippen LogP contribution is 2.22. The van der Waals surface area contributed by atoms with E-state index in [0.29, 0.717) is 6.54 Å². The average molecular weight is 256 g/mol. The molecule has 2 aromatic carbocycles. The van der Waals surface area contributed by atoms with Crippen molar-refractivity contribution in [1.82, 2.24) is 0 Å². The van der Waals surface area contributed by atoms with Gasteiger partial charge >= 0.3 is 0 Å². The molecule has 0 aliphatic heterocycles. The molecule has 2 N–H and O–H groups in total. The molecule has 0 aliphatic carbocycles. The van der Waals surface area contributed by atoms with Crippen molar-refractivity contribution < 1.29 is 4.92 Å². The molecule has 0 saturated carbocycles. The van der Waals surface area contributed by atoms with Crippen molar-refractivity contribution in [1.29, 1.82) is 0 Å². The van der Waals surface area contributed by atoms with Gasteiger partial charge in [0, 0.05) is 12.1 Å². The van der Waals surface area contributed by atoms with Gasteiger partial charge in [0.15, 0.2) is 0 Å². The second-order valence-electron chi connectivity index (χ2n) is 4.39. The van der Waals surface area contributed by atoms with E-state index in [1.54, 1.807) is 12.1 Å². The van der Waals surface area contributed by atoms with Crippen molar-refractivity contribution in [3.05, 3.63) is 64.2 Å². The van der Waals surface area contributed by atoms with Gasteiger partial charge in [-0.3, -0.25) is 10.1 Å². The SMILES string of the molecule is NCCCc1ccc(-c2ccc([N+](=O)[O-])cc2)cc1. The van der Waals surface area contributed by atoms with Gasteiger partial charge in [-0.2, -0.15) is 0 Å². The van der Waals surface area contributed by atoms with E-state index in [1.807, 2.05) is 12.1 Å². The van der Waals surface area contributed by atoms with Crippen LogP contribution in [0.4, 0.5) is 5.69 Å². The van der Waals surface area contributed by atoms with Crippen molar-refractivity contribution in [3.63, 3.8) is 0 Å². The molecular weight excluding hydrogens is 240 g/mol. The molecule has 0 radical (unpaired) electrons. The average Bonchev–Trinajstić information content (AvgIpc) is 2.46. The summed E-state index contributed by atoms with van der Waals surface area (Å²) in [6.45, 7) is 0.699. The molecule has 2 rings (SSSR count). The minimum absolute atomic E-state index is 0.114. The summed E-state index contributed by atoms with van der Waals surface area (Å²) in [5.74, 6) is 0. The zero-order valence-corrected chi connectivity index (χ0v) is 10.6. The van der Waals surface area contributed by atoms with E-state index in [2.05, 4.69) is 12.1 Å². The van der Waals surface area contributed by atoms with Gasteiger partial charge in [-0.15, -0.1) is 0 Å². The van der Waals surface area contributed by atoms with E-state index in [9.17, 15) is 10.1 Å². The van der Waals surface area contributed by atoms with Crippen molar-refractivity contribution in [2.45, 2.75) is 12.8 Å². The van der Waals surface area contributed by atoms with Crippen LogP contribution in [-0.4, -0.2) is 11.5 Å². The Hall–Kier alpha value is -2.20. The maximum atomic E-state index is 10.6. The standard InChI is InChI=1S/C15H16N2O2/c16-11-1-2-12-3-5-13(6-4-12)14-7-9-15(10-8-14)17(18)19/h3-10H,1-2,11,16H2. The van der Waals surface area contributed by atoms with Gasteiger partial charge < -0.3 is 5.73 Å². The molecule has 0 heterocycles. The first-order valence-electron chi connectivity index (χ1n) is 6.24. The van der Waals surface area contributed by atoms with Gasteiger partial charge in [-0.25, -0.2) is 0 Å². The third-order valence-electron chi connectivity index (χ3n) is 3.03. The van der Waals surface area contributed by atoms with Crippen LogP contribution in [-0.2, 0) is 6.42 Å². The Morgan fingerprint density at radius 3 is 1.95 bits per heavy atom. The molecule has 0 bridgehead atoms. The van der Waals surface area contributed by atoms with E-state index in [0.717, 1.165) is 24.0 Å². The fourth-order valence-corrected chi connectivity index (χ4v) is 1.95. The van der Waals surface area contributed by atoms with Gasteiger partial charge in [0.2, 0.25) is 0 Å². The number of hydrogen-bond acceptors (Lipinski definition) is 3. The number of nitrogens with zero attached hydrogens (tertiary/aromatic N) is 1. The molecule has 0 unspecified atom stereocenters. The number of benzene rings is 2. The van der Waals surface area contributed by atoms with Gasteiger partial charge in [-0.1, -0.05) is 24.3 Å². The van der Waals surface area contributed by atoms with Crippen LogP contribution < -0.4 is 5.73 Å². The zero-order valence-electron chi connectivity index (χ0n) is 10.6. The monoisotopic (exact) mass is 256 g/mol. The molecular formula is C15H16N2O2. The van der Waals surface area contributed by atoms with Gasteiger partial charge in [0.25, 0.3) is 5.69 Å². The Balaban J connectivity index is 2.15. The molecule has 0 amide bonds. The fraction of sp³-hybridized carbons (Fsp3) is 0.200. The topological polar surface area (TPSA) is 69.2 Å². The van der Waals surface area contributed by atoms with Gasteiger partial charge in [-0.05, 0) is 48.2 Å². The summed E-state index contributed by atoms with van der Waals surface area (Å²) in [5.41, 5.74) is 8.90. The van der Waals surface area contributed by atoms with E-state index in [1.165, 1.54) is 17.7 Å². The van der Waals surface area contributed by atoms with Crippen molar-refractivity contribution >= 4 is 5.69 Å². The third-order valence-corrected chi connectivity index (χ3v) is 3.03. The lowest BCUT2D eigenvalue weighted by molar-refractivity contribution is -0.384. The van der Waals surface area contributed by atoms with Gasteiger partial charge in [0.1, 0.15) is 0 Å². The number of rotatable bonds is 5. The number of aryl methyl sites for hydroxylation is 1. The zero-order chi connectivity index (χ0) is 13.7. The lowest BCUT2D eigenvalue weighted by Crippen LogP contribution is -2.00. The smallest absolute Gasteiger partial charge is 0.269 e. The summed E-state index contributed by atoms with van der Waals surface area (Å²) < 4.78 is 0. The predicted octanol–water partition coefficient (Wildman–Crippen LogP) is 3.15. The number of non-ortho nitro benzene ring substituents is 1. The number of hydrogen-bond donors (Lipinski definition) is 1. The van der Waals surface area contributed by atoms with Crippen LogP contribution >= 0.6 is 0 Å². The largest absolute Gasteiger partial charge is 0.330 e. The summed E-state index contributed by atoms with van der Waals surface area (Å²) in [6.07, 6.45) is 1.97. The minimum atomic E-state index is -0.389. The molecule has 19 heavy (non-hydrogen) atoms. The predicted molar refractivity (Wildman–Crippen MR) is 75.9 cm³/mol. The van der Waals surface area contributed by atoms with Crippen LogP contribution in [0.15, 0.2) is 48.5 Å². The number of nitrogens with two attached hydrogens (primary N) is 1. The van der Waals surface area contributed by atoms with Crippen LogP contribution in [0.5, 0.6) is 0 Å². The van der Waals surface area contributed by atoms with Gasteiger partial charge in [0.05, 0.1) is 4.92 Å². The first-order valence-corrected chi connectivity index (χ1v) is 6.24. The Morgan fingerprint density at radius 2 is 1.47 bits per heavy atom. The molecule has 98 valence electrons. The third kappa shape index (κ3) is 3.39. The second kappa shape index (κ2) is 6.11. The minimum Gasteiger partial charge on any atom is -0.330 e. The maximum absolute atomic E-state index is 10.6. The van der Waals surface area contributed by atoms with E-state index >= 15 is 0 Å². The highest BCUT2D eigenvalue weighted by atomic mass is 16.6. The van der Waals surface area contributed by atoms with E-state index in [4.69, 9.17) is 5.73 Å². The molecule has 4 heteroatoms. The molecule has 4 nitrogen and oxygen atoms in total. The van der Waals surface area contributed by atoms with Crippen molar-refractivity contribution in [3.8, 4) is 11.1 Å².